The predicted molar refractivity (Wildman–Crippen MR) is 82.7 cm³/mol. The molecule has 114 valence electrons. The van der Waals surface area contributed by atoms with Gasteiger partial charge in [-0.05, 0) is 24.9 Å². The van der Waals surface area contributed by atoms with Crippen LogP contribution >= 0.6 is 11.3 Å². The van der Waals surface area contributed by atoms with E-state index in [1.165, 1.54) is 17.4 Å². The molecule has 5 heteroatoms. The Hall–Kier alpha value is -1.33. The van der Waals surface area contributed by atoms with E-state index in [4.69, 9.17) is 0 Å². The summed E-state index contributed by atoms with van der Waals surface area (Å²) in [5.41, 5.74) is 1.29. The van der Waals surface area contributed by atoms with E-state index in [1.54, 1.807) is 6.07 Å². The van der Waals surface area contributed by atoms with Crippen LogP contribution in [-0.2, 0) is 0 Å². The second-order valence-electron chi connectivity index (χ2n) is 5.30. The number of nitrogens with one attached hydrogen (secondary N) is 1. The van der Waals surface area contributed by atoms with Gasteiger partial charge in [-0.3, -0.25) is 0 Å². The van der Waals surface area contributed by atoms with Crippen molar-refractivity contribution >= 4 is 11.3 Å². The molecule has 0 fully saturated rings. The van der Waals surface area contributed by atoms with Crippen LogP contribution in [0.4, 0.5) is 8.78 Å². The van der Waals surface area contributed by atoms with E-state index in [1.807, 2.05) is 12.3 Å². The summed E-state index contributed by atoms with van der Waals surface area (Å²) in [6.07, 6.45) is 0.913. The Morgan fingerprint density at radius 2 is 2.05 bits per heavy atom. The van der Waals surface area contributed by atoms with Gasteiger partial charge < -0.3 is 5.32 Å². The minimum Gasteiger partial charge on any atom is -0.304 e. The zero-order valence-electron chi connectivity index (χ0n) is 12.5. The van der Waals surface area contributed by atoms with Crippen LogP contribution in [0.15, 0.2) is 23.6 Å². The molecule has 1 unspecified atom stereocenters. The van der Waals surface area contributed by atoms with E-state index in [2.05, 4.69) is 24.1 Å². The van der Waals surface area contributed by atoms with Gasteiger partial charge in [0.05, 0.1) is 11.7 Å². The normalized spacial score (nSPS) is 12.9. The van der Waals surface area contributed by atoms with E-state index in [0.29, 0.717) is 11.5 Å². The molecule has 1 N–H and O–H groups in total. The third-order valence-electron chi connectivity index (χ3n) is 3.27. The average Bonchev–Trinajstić information content (AvgIpc) is 2.93. The minimum atomic E-state index is -0.823. The summed E-state index contributed by atoms with van der Waals surface area (Å²) in [5, 5.41) is 6.02. The largest absolute Gasteiger partial charge is 0.304 e. The molecule has 0 spiro atoms. The Morgan fingerprint density at radius 1 is 1.29 bits per heavy atom. The average molecular weight is 310 g/mol. The van der Waals surface area contributed by atoms with Gasteiger partial charge in [-0.1, -0.05) is 32.9 Å². The van der Waals surface area contributed by atoms with Crippen LogP contribution in [-0.4, -0.2) is 11.5 Å². The van der Waals surface area contributed by atoms with Crippen LogP contribution in [0.1, 0.15) is 55.4 Å². The molecule has 2 nitrogen and oxygen atoms in total. The molecule has 1 heterocycles. The number of aromatic nitrogens is 1. The van der Waals surface area contributed by atoms with E-state index in [0.717, 1.165) is 29.7 Å². The summed E-state index contributed by atoms with van der Waals surface area (Å²) in [7, 11) is 0. The zero-order chi connectivity index (χ0) is 15.4. The molecule has 0 amide bonds. The van der Waals surface area contributed by atoms with Gasteiger partial charge in [0, 0.05) is 10.9 Å². The fourth-order valence-corrected chi connectivity index (χ4v) is 3.13. The molecule has 0 aliphatic heterocycles. The highest BCUT2D eigenvalue weighted by molar-refractivity contribution is 7.09. The number of nitrogens with zero attached hydrogens (tertiary/aromatic N) is 1. The van der Waals surface area contributed by atoms with Crippen LogP contribution in [0.2, 0.25) is 0 Å². The van der Waals surface area contributed by atoms with Crippen LogP contribution in [0.25, 0.3) is 0 Å². The van der Waals surface area contributed by atoms with Gasteiger partial charge in [0.1, 0.15) is 5.01 Å². The van der Waals surface area contributed by atoms with Crippen LogP contribution in [0.5, 0.6) is 0 Å². The lowest BCUT2D eigenvalue weighted by atomic mass is 10.1. The van der Waals surface area contributed by atoms with Crippen molar-refractivity contribution in [2.24, 2.45) is 0 Å². The van der Waals surface area contributed by atoms with Crippen molar-refractivity contribution in [3.05, 3.63) is 51.5 Å². The molecule has 2 aromatic rings. The van der Waals surface area contributed by atoms with Gasteiger partial charge in [0.15, 0.2) is 11.6 Å². The number of hydrogen-bond acceptors (Lipinski definition) is 3. The Labute approximate surface area is 128 Å². The lowest BCUT2D eigenvalue weighted by molar-refractivity contribution is 0.479. The molecular formula is C16H20F2N2S. The van der Waals surface area contributed by atoms with Gasteiger partial charge in [0.2, 0.25) is 0 Å². The number of rotatable bonds is 6. The van der Waals surface area contributed by atoms with Gasteiger partial charge in [-0.15, -0.1) is 11.3 Å². The molecule has 0 saturated heterocycles. The Balaban J connectivity index is 2.39. The summed E-state index contributed by atoms with van der Waals surface area (Å²) < 4.78 is 27.6. The first-order chi connectivity index (χ1) is 10.0. The van der Waals surface area contributed by atoms with Crippen molar-refractivity contribution in [1.29, 1.82) is 0 Å². The topological polar surface area (TPSA) is 24.9 Å². The molecule has 1 aromatic carbocycles. The maximum Gasteiger partial charge on any atom is 0.164 e. The molecule has 21 heavy (non-hydrogen) atoms. The first-order valence-electron chi connectivity index (χ1n) is 7.17. The highest BCUT2D eigenvalue weighted by Gasteiger charge is 2.22. The number of thiazole rings is 1. The van der Waals surface area contributed by atoms with Crippen molar-refractivity contribution < 1.29 is 8.78 Å². The first kappa shape index (κ1) is 16.0. The summed E-state index contributed by atoms with van der Waals surface area (Å²) in [6.45, 7) is 6.89. The number of halogens is 2. The summed E-state index contributed by atoms with van der Waals surface area (Å²) >= 11 is 1.48. The Kier molecular flexibility index (Phi) is 5.42. The van der Waals surface area contributed by atoms with E-state index in [9.17, 15) is 8.78 Å². The predicted octanol–water partition coefficient (Wildman–Crippen LogP) is 4.63. The maximum absolute atomic E-state index is 14.1. The minimum absolute atomic E-state index is 0.313. The van der Waals surface area contributed by atoms with Crippen LogP contribution in [0.3, 0.4) is 0 Å². The van der Waals surface area contributed by atoms with Crippen molar-refractivity contribution in [3.63, 3.8) is 0 Å². The highest BCUT2D eigenvalue weighted by Crippen LogP contribution is 2.29. The van der Waals surface area contributed by atoms with Gasteiger partial charge in [-0.25, -0.2) is 13.8 Å². The second-order valence-corrected chi connectivity index (χ2v) is 6.19. The SMILES string of the molecule is CCCNC(c1nc(C(C)C)cs1)c1cccc(F)c1F. The lowest BCUT2D eigenvalue weighted by Gasteiger charge is -2.17. The van der Waals surface area contributed by atoms with Gasteiger partial charge >= 0.3 is 0 Å². The molecule has 0 aliphatic rings. The van der Waals surface area contributed by atoms with Crippen molar-refractivity contribution in [1.82, 2.24) is 10.3 Å². The maximum atomic E-state index is 14.1. The molecule has 1 aromatic heterocycles. The third-order valence-corrected chi connectivity index (χ3v) is 4.20. The third kappa shape index (κ3) is 3.66. The highest BCUT2D eigenvalue weighted by atomic mass is 32.1. The fourth-order valence-electron chi connectivity index (χ4n) is 2.06. The number of hydrogen-bond donors (Lipinski definition) is 1. The Morgan fingerprint density at radius 3 is 2.67 bits per heavy atom. The first-order valence-corrected chi connectivity index (χ1v) is 8.05. The molecule has 0 aliphatic carbocycles. The monoisotopic (exact) mass is 310 g/mol. The molecule has 2 rings (SSSR count). The molecular weight excluding hydrogens is 290 g/mol. The van der Waals surface area contributed by atoms with Crippen LogP contribution < -0.4 is 5.32 Å². The zero-order valence-corrected chi connectivity index (χ0v) is 13.3. The van der Waals surface area contributed by atoms with E-state index in [-0.39, 0.29) is 0 Å². The smallest absolute Gasteiger partial charge is 0.164 e. The fraction of sp³-hybridized carbons (Fsp3) is 0.438. The van der Waals surface area contributed by atoms with Crippen molar-refractivity contribution in [2.75, 3.05) is 6.54 Å². The molecule has 0 saturated carbocycles. The standard InChI is InChI=1S/C16H20F2N2S/c1-4-8-19-15(11-6-5-7-12(17)14(11)18)16-20-13(9-21-16)10(2)3/h5-7,9-10,15,19H,4,8H2,1-3H3. The molecule has 0 bridgehead atoms. The summed E-state index contributed by atoms with van der Waals surface area (Å²) in [4.78, 5) is 4.58. The second kappa shape index (κ2) is 7.09. The van der Waals surface area contributed by atoms with Gasteiger partial charge in [-0.2, -0.15) is 0 Å². The van der Waals surface area contributed by atoms with Crippen LogP contribution in [0, 0.1) is 11.6 Å². The Bertz CT molecular complexity index is 596. The summed E-state index contributed by atoms with van der Waals surface area (Å²) in [5.74, 6) is -1.30. The van der Waals surface area contributed by atoms with E-state index >= 15 is 0 Å². The van der Waals surface area contributed by atoms with Gasteiger partial charge in [0.25, 0.3) is 0 Å². The van der Waals surface area contributed by atoms with Crippen molar-refractivity contribution in [2.45, 2.75) is 39.2 Å². The lowest BCUT2D eigenvalue weighted by Crippen LogP contribution is -2.24. The molecule has 0 radical (unpaired) electrons. The quantitative estimate of drug-likeness (QED) is 0.841. The summed E-state index contributed by atoms with van der Waals surface area (Å²) in [6, 6.07) is 3.88. The molecule has 1 atom stereocenters. The number of benzene rings is 1. The van der Waals surface area contributed by atoms with E-state index < -0.39 is 17.7 Å². The van der Waals surface area contributed by atoms with Crippen molar-refractivity contribution in [3.8, 4) is 0 Å².